The summed E-state index contributed by atoms with van der Waals surface area (Å²) in [6.45, 7) is 2.93. The second kappa shape index (κ2) is 9.43. The summed E-state index contributed by atoms with van der Waals surface area (Å²) >= 11 is 0. The molecule has 12 heteroatoms. The average Bonchev–Trinajstić information content (AvgIpc) is 3.30. The molecular formula is C21H20F3N5O4. The Bertz CT molecular complexity index is 1100. The highest BCUT2D eigenvalue weighted by atomic mass is 19.4. The average molecular weight is 463 g/mol. The number of para-hydroxylation sites is 1. The van der Waals surface area contributed by atoms with E-state index in [-0.39, 0.29) is 30.2 Å². The Hall–Kier alpha value is -3.70. The van der Waals surface area contributed by atoms with E-state index >= 15 is 0 Å². The van der Waals surface area contributed by atoms with Gasteiger partial charge in [-0.05, 0) is 31.2 Å². The third kappa shape index (κ3) is 5.21. The Morgan fingerprint density at radius 3 is 2.52 bits per heavy atom. The second-order valence-corrected chi connectivity index (χ2v) is 7.21. The molecule has 0 radical (unpaired) electrons. The number of carbonyl (C=O) groups excluding carboxylic acids is 1. The molecule has 3 aromatic rings. The van der Waals surface area contributed by atoms with Crippen molar-refractivity contribution in [1.29, 1.82) is 0 Å². The molecule has 0 aliphatic carbocycles. The number of hydrogen-bond donors (Lipinski definition) is 0. The molecule has 9 nitrogen and oxygen atoms in total. The fraction of sp³-hybridized carbons (Fsp3) is 0.381. The zero-order valence-electron chi connectivity index (χ0n) is 17.6. The van der Waals surface area contributed by atoms with Gasteiger partial charge in [0.2, 0.25) is 0 Å². The fourth-order valence-electron chi connectivity index (χ4n) is 3.40. The summed E-state index contributed by atoms with van der Waals surface area (Å²) in [4.78, 5) is 13.6. The van der Waals surface area contributed by atoms with E-state index in [9.17, 15) is 18.0 Å². The van der Waals surface area contributed by atoms with Crippen molar-refractivity contribution >= 4 is 11.8 Å². The van der Waals surface area contributed by atoms with Crippen LogP contribution in [-0.4, -0.2) is 52.2 Å². The zero-order valence-corrected chi connectivity index (χ0v) is 17.6. The number of anilines is 1. The van der Waals surface area contributed by atoms with Crippen LogP contribution in [0.5, 0.6) is 5.75 Å². The number of halogens is 3. The molecule has 33 heavy (non-hydrogen) atoms. The Morgan fingerprint density at radius 1 is 1.09 bits per heavy atom. The topological polar surface area (TPSA) is 103 Å². The first kappa shape index (κ1) is 22.5. The van der Waals surface area contributed by atoms with Gasteiger partial charge in [-0.15, -0.1) is 20.4 Å². The molecule has 0 saturated carbocycles. The van der Waals surface area contributed by atoms with E-state index in [0.29, 0.717) is 37.4 Å². The van der Waals surface area contributed by atoms with Gasteiger partial charge in [-0.25, -0.2) is 4.79 Å². The minimum atomic E-state index is -4.47. The lowest BCUT2D eigenvalue weighted by Gasteiger charge is -2.33. The van der Waals surface area contributed by atoms with Gasteiger partial charge in [0.05, 0.1) is 12.2 Å². The highest BCUT2D eigenvalue weighted by Gasteiger charge is 2.35. The van der Waals surface area contributed by atoms with Gasteiger partial charge in [0.15, 0.2) is 5.82 Å². The molecule has 0 spiro atoms. The molecule has 2 aromatic heterocycles. The molecule has 1 saturated heterocycles. The second-order valence-electron chi connectivity index (χ2n) is 7.21. The standard InChI is InChI=1S/C21H20F3N5O4/c1-2-31-20(30)19-28-27-18(33-19)15-7-8-17(26-25-15)29-11-9-13(10-12-29)32-16-6-4-3-5-14(16)21(22,23)24/h3-8,13H,2,9-12H2,1H3. The molecule has 0 bridgehead atoms. The first-order valence-corrected chi connectivity index (χ1v) is 10.3. The molecule has 0 unspecified atom stereocenters. The van der Waals surface area contributed by atoms with Crippen LogP contribution in [0.25, 0.3) is 11.6 Å². The monoisotopic (exact) mass is 463 g/mol. The molecule has 3 heterocycles. The molecule has 1 aliphatic heterocycles. The van der Waals surface area contributed by atoms with Crippen LogP contribution in [0.2, 0.25) is 0 Å². The molecular weight excluding hydrogens is 443 g/mol. The number of aromatic nitrogens is 4. The summed E-state index contributed by atoms with van der Waals surface area (Å²) < 4.78 is 55.3. The third-order valence-corrected chi connectivity index (χ3v) is 5.00. The van der Waals surface area contributed by atoms with Crippen molar-refractivity contribution in [1.82, 2.24) is 20.4 Å². The van der Waals surface area contributed by atoms with Gasteiger partial charge in [-0.2, -0.15) is 13.2 Å². The van der Waals surface area contributed by atoms with Crippen LogP contribution in [0.3, 0.4) is 0 Å². The van der Waals surface area contributed by atoms with Crippen LogP contribution in [-0.2, 0) is 10.9 Å². The summed E-state index contributed by atoms with van der Waals surface area (Å²) in [5, 5.41) is 15.6. The van der Waals surface area contributed by atoms with Gasteiger partial charge < -0.3 is 18.8 Å². The highest BCUT2D eigenvalue weighted by molar-refractivity contribution is 5.84. The van der Waals surface area contributed by atoms with E-state index in [1.54, 1.807) is 19.1 Å². The van der Waals surface area contributed by atoms with Crippen molar-refractivity contribution in [2.24, 2.45) is 0 Å². The van der Waals surface area contributed by atoms with Crippen LogP contribution in [0, 0.1) is 0 Å². The number of piperidine rings is 1. The maximum absolute atomic E-state index is 13.2. The number of hydrogen-bond acceptors (Lipinski definition) is 9. The largest absolute Gasteiger partial charge is 0.490 e. The van der Waals surface area contributed by atoms with E-state index in [2.05, 4.69) is 20.4 Å². The van der Waals surface area contributed by atoms with Gasteiger partial charge in [0.1, 0.15) is 17.5 Å². The van der Waals surface area contributed by atoms with Gasteiger partial charge in [0.25, 0.3) is 5.89 Å². The summed E-state index contributed by atoms with van der Waals surface area (Å²) in [5.41, 5.74) is -0.482. The van der Waals surface area contributed by atoms with E-state index in [0.717, 1.165) is 6.07 Å². The summed E-state index contributed by atoms with van der Waals surface area (Å²) in [7, 11) is 0. The summed E-state index contributed by atoms with van der Waals surface area (Å²) in [6, 6.07) is 8.57. The number of benzene rings is 1. The highest BCUT2D eigenvalue weighted by Crippen LogP contribution is 2.37. The Kier molecular flexibility index (Phi) is 6.43. The van der Waals surface area contributed by atoms with Crippen molar-refractivity contribution in [3.8, 4) is 17.3 Å². The minimum Gasteiger partial charge on any atom is -0.490 e. The Balaban J connectivity index is 1.36. The van der Waals surface area contributed by atoms with Crippen molar-refractivity contribution in [3.63, 3.8) is 0 Å². The zero-order chi connectivity index (χ0) is 23.4. The Labute approximate surface area is 186 Å². The SMILES string of the molecule is CCOC(=O)c1nnc(-c2ccc(N3CCC(Oc4ccccc4C(F)(F)F)CC3)nn2)o1. The normalized spacial score (nSPS) is 14.8. The van der Waals surface area contributed by atoms with Crippen molar-refractivity contribution in [3.05, 3.63) is 47.9 Å². The molecule has 174 valence electrons. The van der Waals surface area contributed by atoms with Gasteiger partial charge in [0, 0.05) is 25.9 Å². The van der Waals surface area contributed by atoms with Gasteiger partial charge >= 0.3 is 18.0 Å². The molecule has 0 amide bonds. The number of alkyl halides is 3. The van der Waals surface area contributed by atoms with E-state index in [1.165, 1.54) is 18.2 Å². The number of carbonyl (C=O) groups is 1. The molecule has 0 atom stereocenters. The molecule has 0 N–H and O–H groups in total. The smallest absolute Gasteiger partial charge is 0.419 e. The van der Waals surface area contributed by atoms with Crippen LogP contribution in [0.4, 0.5) is 19.0 Å². The van der Waals surface area contributed by atoms with Crippen molar-refractivity contribution in [2.45, 2.75) is 32.0 Å². The predicted molar refractivity (Wildman–Crippen MR) is 109 cm³/mol. The predicted octanol–water partition coefficient (Wildman–Crippen LogP) is 3.77. The maximum atomic E-state index is 13.2. The Morgan fingerprint density at radius 2 is 1.85 bits per heavy atom. The van der Waals surface area contributed by atoms with E-state index in [1.807, 2.05) is 4.90 Å². The van der Waals surface area contributed by atoms with E-state index < -0.39 is 17.7 Å². The molecule has 1 aliphatic rings. The quantitative estimate of drug-likeness (QED) is 0.505. The van der Waals surface area contributed by atoms with Crippen LogP contribution < -0.4 is 9.64 Å². The number of rotatable bonds is 6. The fourth-order valence-corrected chi connectivity index (χ4v) is 3.40. The van der Waals surface area contributed by atoms with Crippen molar-refractivity contribution < 1.29 is 31.9 Å². The lowest BCUT2D eigenvalue weighted by molar-refractivity contribution is -0.139. The summed E-state index contributed by atoms with van der Waals surface area (Å²) in [5.74, 6) is -0.518. The molecule has 1 fully saturated rings. The third-order valence-electron chi connectivity index (χ3n) is 5.00. The lowest BCUT2D eigenvalue weighted by atomic mass is 10.1. The van der Waals surface area contributed by atoms with Crippen LogP contribution in [0.15, 0.2) is 40.8 Å². The molecule has 1 aromatic carbocycles. The van der Waals surface area contributed by atoms with Crippen LogP contribution >= 0.6 is 0 Å². The van der Waals surface area contributed by atoms with Gasteiger partial charge in [-0.1, -0.05) is 12.1 Å². The van der Waals surface area contributed by atoms with Crippen LogP contribution in [0.1, 0.15) is 36.0 Å². The lowest BCUT2D eigenvalue weighted by Crippen LogP contribution is -2.39. The first-order valence-electron chi connectivity index (χ1n) is 10.3. The number of ether oxygens (including phenoxy) is 2. The van der Waals surface area contributed by atoms with Crippen molar-refractivity contribution in [2.75, 3.05) is 24.6 Å². The minimum absolute atomic E-state index is 0.0348. The number of esters is 1. The van der Waals surface area contributed by atoms with Gasteiger partial charge in [-0.3, -0.25) is 0 Å². The summed E-state index contributed by atoms with van der Waals surface area (Å²) in [6.07, 6.45) is -3.74. The van der Waals surface area contributed by atoms with E-state index in [4.69, 9.17) is 13.9 Å². The first-order chi connectivity index (χ1) is 15.8. The number of nitrogens with zero attached hydrogens (tertiary/aromatic N) is 5. The maximum Gasteiger partial charge on any atom is 0.419 e. The molecule has 4 rings (SSSR count).